The molecule has 8 aromatic rings. The summed E-state index contributed by atoms with van der Waals surface area (Å²) in [6, 6.07) is 39.9. The van der Waals surface area contributed by atoms with Gasteiger partial charge in [-0.05, 0) is 65.0 Å². The fourth-order valence-electron chi connectivity index (χ4n) is 6.70. The molecule has 0 spiro atoms. The van der Waals surface area contributed by atoms with Crippen LogP contribution in [0.4, 0.5) is 11.4 Å². The third kappa shape index (κ3) is 3.43. The van der Waals surface area contributed by atoms with Gasteiger partial charge in [-0.2, -0.15) is 0 Å². The van der Waals surface area contributed by atoms with Crippen LogP contribution in [0, 0.1) is 0 Å². The lowest BCUT2D eigenvalue weighted by Gasteiger charge is -2.33. The van der Waals surface area contributed by atoms with Crippen molar-refractivity contribution in [3.63, 3.8) is 0 Å². The quantitative estimate of drug-likeness (QED) is 0.206. The first-order valence-electron chi connectivity index (χ1n) is 14.1. The van der Waals surface area contributed by atoms with Gasteiger partial charge >= 0.3 is 0 Å². The zero-order chi connectivity index (χ0) is 26.9. The number of para-hydroxylation sites is 1. The monoisotopic (exact) mass is 543 g/mol. The van der Waals surface area contributed by atoms with Crippen molar-refractivity contribution in [2.45, 2.75) is 12.5 Å². The highest BCUT2D eigenvalue weighted by molar-refractivity contribution is 7.27. The van der Waals surface area contributed by atoms with E-state index >= 15 is 0 Å². The Balaban J connectivity index is 1.32. The molecule has 41 heavy (non-hydrogen) atoms. The fraction of sp³-hybridized carbons (Fsp3) is 0.0526. The van der Waals surface area contributed by atoms with E-state index in [4.69, 9.17) is 4.42 Å². The molecule has 0 saturated heterocycles. The van der Waals surface area contributed by atoms with Crippen molar-refractivity contribution < 1.29 is 4.42 Å². The lowest BCUT2D eigenvalue weighted by Crippen LogP contribution is -2.29. The molecule has 0 fully saturated rings. The van der Waals surface area contributed by atoms with E-state index in [1.54, 1.807) is 0 Å². The number of hydrogen-bond acceptors (Lipinski definition) is 3. The number of thiophene rings is 1. The van der Waals surface area contributed by atoms with Gasteiger partial charge in [0.25, 0.3) is 0 Å². The van der Waals surface area contributed by atoms with Gasteiger partial charge in [0, 0.05) is 47.7 Å². The predicted octanol–water partition coefficient (Wildman–Crippen LogP) is 11.3. The minimum atomic E-state index is 0.215. The first-order chi connectivity index (χ1) is 20.3. The van der Waals surface area contributed by atoms with Crippen molar-refractivity contribution in [3.8, 4) is 0 Å². The highest BCUT2D eigenvalue weighted by Gasteiger charge is 2.22. The minimum absolute atomic E-state index is 0.215. The number of hydrogen-bond donors (Lipinski definition) is 0. The number of rotatable bonds is 3. The Morgan fingerprint density at radius 3 is 2.15 bits per heavy atom. The van der Waals surface area contributed by atoms with Crippen LogP contribution in [0.2, 0.25) is 0 Å². The van der Waals surface area contributed by atoms with E-state index in [0.717, 1.165) is 28.4 Å². The van der Waals surface area contributed by atoms with Crippen LogP contribution in [0.25, 0.3) is 63.7 Å². The first kappa shape index (κ1) is 22.9. The SMILES string of the molecule is C1=CCC(N(c2ccc3oc4ccccc4c3c2)c2ccc3c(c2)c2ccccc2c2c4ccccc4sc32)C=C1. The summed E-state index contributed by atoms with van der Waals surface area (Å²) in [4.78, 5) is 2.49. The second-order valence-electron chi connectivity index (χ2n) is 10.8. The maximum Gasteiger partial charge on any atom is 0.135 e. The third-order valence-corrected chi connectivity index (χ3v) is 9.74. The largest absolute Gasteiger partial charge is 0.456 e. The van der Waals surface area contributed by atoms with E-state index in [0.29, 0.717) is 0 Å². The van der Waals surface area contributed by atoms with Crippen LogP contribution in [-0.2, 0) is 0 Å². The summed E-state index contributed by atoms with van der Waals surface area (Å²) >= 11 is 1.90. The average molecular weight is 544 g/mol. The van der Waals surface area contributed by atoms with Crippen molar-refractivity contribution >= 4 is 86.4 Å². The van der Waals surface area contributed by atoms with Gasteiger partial charge < -0.3 is 9.32 Å². The van der Waals surface area contributed by atoms with Crippen molar-refractivity contribution in [3.05, 3.63) is 133 Å². The lowest BCUT2D eigenvalue weighted by molar-refractivity contribution is 0.669. The van der Waals surface area contributed by atoms with E-state index in [-0.39, 0.29) is 6.04 Å². The minimum Gasteiger partial charge on any atom is -0.456 e. The molecular weight excluding hydrogens is 518 g/mol. The molecule has 0 saturated carbocycles. The molecule has 1 aliphatic carbocycles. The molecule has 194 valence electrons. The zero-order valence-corrected chi connectivity index (χ0v) is 23.1. The summed E-state index contributed by atoms with van der Waals surface area (Å²) in [5.74, 6) is 0. The van der Waals surface area contributed by atoms with Crippen molar-refractivity contribution in [2.24, 2.45) is 0 Å². The molecule has 1 unspecified atom stereocenters. The van der Waals surface area contributed by atoms with Gasteiger partial charge in [-0.15, -0.1) is 11.3 Å². The molecule has 1 atom stereocenters. The highest BCUT2D eigenvalue weighted by Crippen LogP contribution is 2.45. The molecule has 0 radical (unpaired) electrons. The van der Waals surface area contributed by atoms with Crippen LogP contribution < -0.4 is 4.90 Å². The Morgan fingerprint density at radius 1 is 0.585 bits per heavy atom. The Bertz CT molecular complexity index is 2370. The number of allylic oxidation sites excluding steroid dienone is 2. The maximum atomic E-state index is 6.17. The number of anilines is 2. The molecular formula is C38H25NOS. The van der Waals surface area contributed by atoms with Gasteiger partial charge in [-0.3, -0.25) is 0 Å². The Labute approximate surface area is 241 Å². The molecule has 0 bridgehead atoms. The molecule has 2 heterocycles. The molecule has 2 nitrogen and oxygen atoms in total. The molecule has 9 rings (SSSR count). The predicted molar refractivity (Wildman–Crippen MR) is 177 cm³/mol. The number of furan rings is 1. The second-order valence-corrected chi connectivity index (χ2v) is 11.9. The van der Waals surface area contributed by atoms with E-state index in [9.17, 15) is 0 Å². The standard InChI is InChI=1S/C38H25NOS/c1-2-10-24(11-3-1)39(26-19-21-35-33(23-26)28-13-6-8-16-34(28)40-35)25-18-20-30-32(22-25)27-12-4-5-14-29(27)37-31-15-7-9-17-36(31)41-38(30)37/h1-10,12-24H,11H2. The molecule has 1 aliphatic rings. The van der Waals surface area contributed by atoms with Gasteiger partial charge in [-0.1, -0.05) is 91.0 Å². The van der Waals surface area contributed by atoms with Crippen LogP contribution in [0.15, 0.2) is 138 Å². The number of nitrogens with zero attached hydrogens (tertiary/aromatic N) is 1. The highest BCUT2D eigenvalue weighted by atomic mass is 32.1. The topological polar surface area (TPSA) is 16.4 Å². The molecule has 0 aliphatic heterocycles. The fourth-order valence-corrected chi connectivity index (χ4v) is 7.95. The lowest BCUT2D eigenvalue weighted by atomic mass is 9.96. The zero-order valence-electron chi connectivity index (χ0n) is 22.2. The van der Waals surface area contributed by atoms with Crippen LogP contribution >= 0.6 is 11.3 Å². The summed E-state index contributed by atoms with van der Waals surface area (Å²) in [5.41, 5.74) is 4.21. The normalized spacial score (nSPS) is 15.3. The smallest absolute Gasteiger partial charge is 0.135 e. The Kier molecular flexibility index (Phi) is 4.93. The summed E-state index contributed by atoms with van der Waals surface area (Å²) in [6.07, 6.45) is 9.85. The Hall–Kier alpha value is -4.86. The van der Waals surface area contributed by atoms with E-state index in [1.807, 2.05) is 23.5 Å². The molecule has 2 aromatic heterocycles. The second kappa shape index (κ2) is 8.82. The summed E-state index contributed by atoms with van der Waals surface area (Å²) in [6.45, 7) is 0. The van der Waals surface area contributed by atoms with Gasteiger partial charge in [-0.25, -0.2) is 0 Å². The van der Waals surface area contributed by atoms with Crippen LogP contribution in [0.3, 0.4) is 0 Å². The van der Waals surface area contributed by atoms with Crippen LogP contribution in [0.5, 0.6) is 0 Å². The Morgan fingerprint density at radius 2 is 1.29 bits per heavy atom. The number of fused-ring (bicyclic) bond motifs is 11. The van der Waals surface area contributed by atoms with Gasteiger partial charge in [0.15, 0.2) is 0 Å². The molecule has 0 N–H and O–H groups in total. The summed E-state index contributed by atoms with van der Waals surface area (Å²) in [5, 5.41) is 10.3. The van der Waals surface area contributed by atoms with E-state index < -0.39 is 0 Å². The summed E-state index contributed by atoms with van der Waals surface area (Å²) < 4.78 is 8.87. The van der Waals surface area contributed by atoms with E-state index in [1.165, 1.54) is 53.1 Å². The van der Waals surface area contributed by atoms with E-state index in [2.05, 4.69) is 126 Å². The first-order valence-corrected chi connectivity index (χ1v) is 14.9. The molecule has 3 heteroatoms. The van der Waals surface area contributed by atoms with Gasteiger partial charge in [0.05, 0.1) is 6.04 Å². The molecule has 0 amide bonds. The van der Waals surface area contributed by atoms with Gasteiger partial charge in [0.1, 0.15) is 11.2 Å². The van der Waals surface area contributed by atoms with Crippen molar-refractivity contribution in [2.75, 3.05) is 4.90 Å². The average Bonchev–Trinajstić information content (AvgIpc) is 3.61. The maximum absolute atomic E-state index is 6.17. The molecule has 6 aromatic carbocycles. The van der Waals surface area contributed by atoms with Crippen LogP contribution in [0.1, 0.15) is 6.42 Å². The van der Waals surface area contributed by atoms with Crippen molar-refractivity contribution in [1.29, 1.82) is 0 Å². The summed E-state index contributed by atoms with van der Waals surface area (Å²) in [7, 11) is 0. The number of benzene rings is 6. The van der Waals surface area contributed by atoms with Gasteiger partial charge in [0.2, 0.25) is 0 Å². The third-order valence-electron chi connectivity index (χ3n) is 8.54. The van der Waals surface area contributed by atoms with Crippen LogP contribution in [-0.4, -0.2) is 6.04 Å². The van der Waals surface area contributed by atoms with Crippen molar-refractivity contribution in [1.82, 2.24) is 0 Å².